The van der Waals surface area contributed by atoms with Crippen LogP contribution in [-0.2, 0) is 19.1 Å². The highest BCUT2D eigenvalue weighted by Gasteiger charge is 2.26. The van der Waals surface area contributed by atoms with E-state index >= 15 is 0 Å². The van der Waals surface area contributed by atoms with Gasteiger partial charge in [-0.25, -0.2) is 19.9 Å². The van der Waals surface area contributed by atoms with Crippen molar-refractivity contribution in [1.82, 2.24) is 39.7 Å². The Labute approximate surface area is 380 Å². The third-order valence-electron chi connectivity index (χ3n) is 11.5. The van der Waals surface area contributed by atoms with Crippen molar-refractivity contribution in [2.45, 2.75) is 72.8 Å². The van der Waals surface area contributed by atoms with E-state index in [1.165, 1.54) is 18.3 Å². The van der Waals surface area contributed by atoms with Crippen LogP contribution >= 0.6 is 11.3 Å². The lowest BCUT2D eigenvalue weighted by molar-refractivity contribution is -0.122. The smallest absolute Gasteiger partial charge is 0.263 e. The Kier molecular flexibility index (Phi) is 15.6. The second kappa shape index (κ2) is 21.6. The molecule has 5 aromatic rings. The number of Topliss-reactive ketones (excluding diaryl/α,β-unsaturated/α-hetero) is 1. The lowest BCUT2D eigenvalue weighted by atomic mass is 10.0. The zero-order valence-corrected chi connectivity index (χ0v) is 38.3. The van der Waals surface area contributed by atoms with Gasteiger partial charge in [-0.2, -0.15) is 4.98 Å². The average Bonchev–Trinajstić information content (AvgIpc) is 3.92. The largest absolute Gasteiger partial charge is 0.379 e. The highest BCUT2D eigenvalue weighted by atomic mass is 32.1. The minimum absolute atomic E-state index is 0.00793. The summed E-state index contributed by atoms with van der Waals surface area (Å²) in [5, 5.41) is 12.8. The van der Waals surface area contributed by atoms with Crippen molar-refractivity contribution in [2.75, 3.05) is 86.5 Å². The lowest BCUT2D eigenvalue weighted by Crippen LogP contribution is -2.49. The number of pyridine rings is 3. The summed E-state index contributed by atoms with van der Waals surface area (Å²) < 4.78 is 12.9. The highest BCUT2D eigenvalue weighted by molar-refractivity contribution is 7.15. The number of nitrogens with one attached hydrogen (secondary N) is 4. The first-order valence-corrected chi connectivity index (χ1v) is 22.7. The van der Waals surface area contributed by atoms with Gasteiger partial charge in [-0.3, -0.25) is 38.8 Å². The average molecular weight is 909 g/mol. The minimum atomic E-state index is -0.413. The van der Waals surface area contributed by atoms with Crippen molar-refractivity contribution >= 4 is 74.3 Å². The predicted molar refractivity (Wildman–Crippen MR) is 249 cm³/mol. The lowest BCUT2D eigenvalue weighted by Gasteiger charge is -2.35. The minimum Gasteiger partial charge on any atom is -0.379 e. The summed E-state index contributed by atoms with van der Waals surface area (Å²) in [5.74, 6) is -0.0450. The number of hydrogen-bond acceptors (Lipinski definition) is 16. The molecule has 1 aliphatic heterocycles. The molecule has 0 spiro atoms. The van der Waals surface area contributed by atoms with E-state index in [0.29, 0.717) is 72.0 Å². The van der Waals surface area contributed by atoms with E-state index in [9.17, 15) is 24.0 Å². The first kappa shape index (κ1) is 46.8. The molecule has 6 heterocycles. The third-order valence-corrected chi connectivity index (χ3v) is 12.5. The molecule has 1 saturated carbocycles. The number of nitrogens with zero attached hydrogens (tertiary/aromatic N) is 8. The second-order valence-electron chi connectivity index (χ2n) is 16.2. The van der Waals surface area contributed by atoms with E-state index in [2.05, 4.69) is 51.0 Å². The molecule has 2 fully saturated rings. The number of piperazine rings is 1. The Hall–Kier alpha value is -6.22. The molecule has 3 amide bonds. The van der Waals surface area contributed by atoms with E-state index in [0.717, 1.165) is 55.0 Å². The van der Waals surface area contributed by atoms with Gasteiger partial charge in [-0.05, 0) is 77.3 Å². The fourth-order valence-corrected chi connectivity index (χ4v) is 8.77. The summed E-state index contributed by atoms with van der Waals surface area (Å²) in [6.45, 7) is 13.4. The molecule has 1 saturated heterocycles. The maximum Gasteiger partial charge on any atom is 0.263 e. The van der Waals surface area contributed by atoms with Crippen molar-refractivity contribution < 1.29 is 28.7 Å². The quantitative estimate of drug-likeness (QED) is 0.0639. The molecule has 4 N–H and O–H groups in total. The van der Waals surface area contributed by atoms with E-state index < -0.39 is 5.91 Å². The molecular weight excluding hydrogens is 853 g/mol. The summed E-state index contributed by atoms with van der Waals surface area (Å²) in [5.41, 5.74) is 3.72. The predicted octanol–water partition coefficient (Wildman–Crippen LogP) is 4.89. The Bertz CT molecular complexity index is 2570. The number of ether oxygens (including phenoxy) is 2. The van der Waals surface area contributed by atoms with Crippen LogP contribution in [-0.4, -0.2) is 124 Å². The van der Waals surface area contributed by atoms with E-state index in [1.54, 1.807) is 42.9 Å². The van der Waals surface area contributed by atoms with Crippen molar-refractivity contribution in [1.29, 1.82) is 0 Å². The van der Waals surface area contributed by atoms with Crippen LogP contribution in [0.5, 0.6) is 0 Å². The number of carbonyl (C=O) groups is 4. The number of carbonyl (C=O) groups excluding carboxylic acids is 4. The molecule has 20 heteroatoms. The normalized spacial score (nSPS) is 14.4. The fraction of sp³-hybridized carbons (Fsp3) is 0.467. The monoisotopic (exact) mass is 908 g/mol. The molecule has 0 unspecified atom stereocenters. The molecule has 7 rings (SSSR count). The first-order valence-electron chi connectivity index (χ1n) is 21.9. The van der Waals surface area contributed by atoms with Gasteiger partial charge >= 0.3 is 0 Å². The van der Waals surface area contributed by atoms with Gasteiger partial charge < -0.3 is 30.3 Å². The van der Waals surface area contributed by atoms with E-state index in [4.69, 9.17) is 14.5 Å². The van der Waals surface area contributed by atoms with E-state index in [1.807, 2.05) is 26.0 Å². The molecule has 0 bridgehead atoms. The van der Waals surface area contributed by atoms with Crippen molar-refractivity contribution in [3.05, 3.63) is 80.0 Å². The third kappa shape index (κ3) is 11.9. The molecule has 344 valence electrons. The number of thiazole rings is 1. The number of rotatable bonds is 19. The molecule has 0 radical (unpaired) electrons. The maximum absolute atomic E-state index is 13.6. The first-order chi connectivity index (χ1) is 31.3. The maximum atomic E-state index is 13.6. The van der Waals surface area contributed by atoms with Crippen molar-refractivity contribution in [3.63, 3.8) is 0 Å². The summed E-state index contributed by atoms with van der Waals surface area (Å²) in [4.78, 5) is 92.2. The van der Waals surface area contributed by atoms with E-state index in [-0.39, 0.29) is 72.3 Å². The molecule has 1 aliphatic carbocycles. The molecule has 2 aliphatic rings. The van der Waals surface area contributed by atoms with Gasteiger partial charge in [-0.15, -0.1) is 11.3 Å². The van der Waals surface area contributed by atoms with Gasteiger partial charge in [0.1, 0.15) is 17.3 Å². The molecule has 0 aromatic carbocycles. The van der Waals surface area contributed by atoms with Crippen LogP contribution in [0, 0.1) is 27.7 Å². The van der Waals surface area contributed by atoms with Crippen LogP contribution in [0.1, 0.15) is 87.6 Å². The fourth-order valence-electron chi connectivity index (χ4n) is 7.96. The standard InChI is InChI=1S/C45H56N12O7S/c1-27-10-12-34(42(61)54-45-50-29(3)31(5)65-45)40(49-27)52-37(59)14-20-63-22-23-64-21-15-46-38(60)26-55-16-18-56(19-17-55)33-11-13-36(47-24-33)51-44-48-25-35-28(2)39(30(4)58)43(62)57(41(35)53-44)32-8-6-7-9-32/h10-13,24-25,32H,6-9,14-23,26H2,1-5H3,(H,46,60)(H,49,52,59)(H,50,54,61)(H,47,48,51,53). The second-order valence-corrected chi connectivity index (χ2v) is 17.4. The van der Waals surface area contributed by atoms with Crippen molar-refractivity contribution in [3.8, 4) is 0 Å². The number of ketones is 1. The number of amides is 3. The number of fused-ring (bicyclic) bond motifs is 1. The van der Waals surface area contributed by atoms with Crippen LogP contribution in [0.2, 0.25) is 0 Å². The number of hydrogen-bond donors (Lipinski definition) is 4. The topological polar surface area (TPSA) is 228 Å². The van der Waals surface area contributed by atoms with Crippen LogP contribution < -0.4 is 31.7 Å². The Morgan fingerprint density at radius 1 is 0.831 bits per heavy atom. The summed E-state index contributed by atoms with van der Waals surface area (Å²) in [6, 6.07) is 7.16. The van der Waals surface area contributed by atoms with Crippen LogP contribution in [0.3, 0.4) is 0 Å². The van der Waals surface area contributed by atoms with Gasteiger partial charge in [0.25, 0.3) is 11.5 Å². The van der Waals surface area contributed by atoms with Gasteiger partial charge in [0, 0.05) is 60.9 Å². The van der Waals surface area contributed by atoms with Gasteiger partial charge in [0.05, 0.1) is 68.1 Å². The van der Waals surface area contributed by atoms with Gasteiger partial charge in [0.15, 0.2) is 10.9 Å². The van der Waals surface area contributed by atoms with Gasteiger partial charge in [-0.1, -0.05) is 12.8 Å². The molecular formula is C45H56N12O7S. The number of aryl methyl sites for hydroxylation is 4. The van der Waals surface area contributed by atoms with Gasteiger partial charge in [0.2, 0.25) is 17.8 Å². The molecule has 65 heavy (non-hydrogen) atoms. The Balaban J connectivity index is 0.768. The molecule has 0 atom stereocenters. The summed E-state index contributed by atoms with van der Waals surface area (Å²) >= 11 is 1.38. The zero-order valence-electron chi connectivity index (χ0n) is 37.5. The van der Waals surface area contributed by atoms with Crippen LogP contribution in [0.4, 0.5) is 28.4 Å². The molecule has 5 aromatic heterocycles. The number of aromatic nitrogens is 6. The summed E-state index contributed by atoms with van der Waals surface area (Å²) in [6.07, 6.45) is 7.31. The molecule has 19 nitrogen and oxygen atoms in total. The number of anilines is 5. The van der Waals surface area contributed by atoms with Crippen LogP contribution in [0.15, 0.2) is 41.5 Å². The van der Waals surface area contributed by atoms with Crippen LogP contribution in [0.25, 0.3) is 11.0 Å². The Morgan fingerprint density at radius 3 is 2.28 bits per heavy atom. The van der Waals surface area contributed by atoms with Crippen molar-refractivity contribution in [2.24, 2.45) is 0 Å². The SMILES string of the molecule is CC(=O)c1c(C)c2cnc(Nc3ccc(N4CCN(CC(=O)NCCOCCOCCC(=O)Nc5nc(C)ccc5C(=O)Nc5nc(C)c(C)s5)CC4)cn3)nc2n(C2CCCC2)c1=O. The highest BCUT2D eigenvalue weighted by Crippen LogP contribution is 2.32. The zero-order chi connectivity index (χ0) is 46.0. The summed E-state index contributed by atoms with van der Waals surface area (Å²) in [7, 11) is 0. The Morgan fingerprint density at radius 2 is 1.58 bits per heavy atom.